The second-order valence-electron chi connectivity index (χ2n) is 13.2. The molecule has 1 aromatic carbocycles. The molecule has 2 aliphatic heterocycles. The highest BCUT2D eigenvalue weighted by atomic mass is 19.4. The Balaban J connectivity index is 1.17. The van der Waals surface area contributed by atoms with Crippen LogP contribution < -0.4 is 10.9 Å². The number of anilines is 1. The summed E-state index contributed by atoms with van der Waals surface area (Å²) in [6, 6.07) is 6.11. The summed E-state index contributed by atoms with van der Waals surface area (Å²) in [4.78, 5) is 51.8. The van der Waals surface area contributed by atoms with Crippen LogP contribution in [0, 0.1) is 12.8 Å². The van der Waals surface area contributed by atoms with Crippen molar-refractivity contribution in [2.24, 2.45) is 5.92 Å². The van der Waals surface area contributed by atoms with Crippen LogP contribution in [0.2, 0.25) is 0 Å². The molecule has 2 aliphatic carbocycles. The van der Waals surface area contributed by atoms with Crippen LogP contribution in [0.15, 0.2) is 47.4 Å². The van der Waals surface area contributed by atoms with Crippen LogP contribution in [0.25, 0.3) is 11.4 Å². The molecule has 1 saturated carbocycles. The molecule has 2 N–H and O–H groups in total. The van der Waals surface area contributed by atoms with Crippen LogP contribution in [0.1, 0.15) is 70.3 Å². The van der Waals surface area contributed by atoms with Gasteiger partial charge in [-0.25, -0.2) is 4.98 Å². The first-order chi connectivity index (χ1) is 23.5. The predicted octanol–water partition coefficient (Wildman–Crippen LogP) is 4.05. The van der Waals surface area contributed by atoms with E-state index in [2.05, 4.69) is 15.4 Å². The molecule has 2 atom stereocenters. The minimum absolute atomic E-state index is 0.00200. The Labute approximate surface area is 277 Å². The molecule has 12 nitrogen and oxygen atoms in total. The Hall–Kier alpha value is -5.05. The fourth-order valence-corrected chi connectivity index (χ4v) is 8.00. The lowest BCUT2D eigenvalue weighted by Crippen LogP contribution is -2.48. The van der Waals surface area contributed by atoms with Crippen molar-refractivity contribution < 1.29 is 32.6 Å². The van der Waals surface area contributed by atoms with Crippen molar-refractivity contribution in [3.63, 3.8) is 0 Å². The largest absolute Gasteiger partial charge is 0.505 e. The lowest BCUT2D eigenvalue weighted by molar-refractivity contribution is -0.137. The number of rotatable bonds is 5. The van der Waals surface area contributed by atoms with Crippen molar-refractivity contribution in [2.75, 3.05) is 31.6 Å². The van der Waals surface area contributed by atoms with E-state index in [1.54, 1.807) is 15.5 Å². The zero-order valence-corrected chi connectivity index (χ0v) is 26.5. The van der Waals surface area contributed by atoms with E-state index in [1.165, 1.54) is 29.8 Å². The Kier molecular flexibility index (Phi) is 7.17. The molecule has 1 spiro atoms. The van der Waals surface area contributed by atoms with Crippen LogP contribution >= 0.6 is 0 Å². The number of alkyl halides is 3. The number of aromatic nitrogens is 5. The monoisotopic (exact) mass is 675 g/mol. The number of carbonyl (C=O) groups is 2. The van der Waals surface area contributed by atoms with Gasteiger partial charge in [0.1, 0.15) is 12.3 Å². The molecule has 0 bridgehead atoms. The molecule has 5 heterocycles. The van der Waals surface area contributed by atoms with Gasteiger partial charge in [0, 0.05) is 47.6 Å². The Bertz CT molecular complexity index is 2130. The number of piperidine rings is 1. The smallest absolute Gasteiger partial charge is 0.416 e. The average Bonchev–Trinajstić information content (AvgIpc) is 3.68. The summed E-state index contributed by atoms with van der Waals surface area (Å²) in [7, 11) is 0. The number of amides is 2. The van der Waals surface area contributed by atoms with Crippen LogP contribution in [0.5, 0.6) is 5.75 Å². The average molecular weight is 676 g/mol. The minimum Gasteiger partial charge on any atom is -0.505 e. The van der Waals surface area contributed by atoms with Crippen LogP contribution in [-0.4, -0.2) is 72.3 Å². The van der Waals surface area contributed by atoms with Gasteiger partial charge in [-0.3, -0.25) is 14.4 Å². The van der Waals surface area contributed by atoms with Crippen molar-refractivity contribution in [1.29, 1.82) is 0 Å². The molecule has 2 unspecified atom stereocenters. The van der Waals surface area contributed by atoms with Crippen molar-refractivity contribution in [3.8, 4) is 5.75 Å². The molecule has 4 aliphatic rings. The summed E-state index contributed by atoms with van der Waals surface area (Å²) in [6.07, 6.45) is 1.17. The molecule has 8 rings (SSSR count). The molecule has 0 radical (unpaired) electrons. The van der Waals surface area contributed by atoms with E-state index >= 15 is 0 Å². The molecule has 4 aromatic rings. The summed E-state index contributed by atoms with van der Waals surface area (Å²) < 4.78 is 48.2. The number of hydrogen-bond acceptors (Lipinski definition) is 8. The van der Waals surface area contributed by atoms with E-state index in [1.807, 2.05) is 6.08 Å². The highest BCUT2D eigenvalue weighted by Crippen LogP contribution is 2.67. The first-order valence-electron chi connectivity index (χ1n) is 16.2. The molecule has 49 heavy (non-hydrogen) atoms. The topological polar surface area (TPSA) is 144 Å². The molecular formula is C34H32F3N7O5. The van der Waals surface area contributed by atoms with E-state index in [9.17, 15) is 32.7 Å². The van der Waals surface area contributed by atoms with Gasteiger partial charge in [0.25, 0.3) is 11.5 Å². The maximum Gasteiger partial charge on any atom is 0.416 e. The van der Waals surface area contributed by atoms with Crippen LogP contribution in [0.4, 0.5) is 18.9 Å². The highest BCUT2D eigenvalue weighted by Gasteiger charge is 2.64. The molecule has 3 aromatic heterocycles. The lowest BCUT2D eigenvalue weighted by Gasteiger charge is -2.41. The van der Waals surface area contributed by atoms with Gasteiger partial charge in [-0.05, 0) is 80.0 Å². The number of carbonyl (C=O) groups excluding carboxylic acids is 2. The molecule has 2 fully saturated rings. The third kappa shape index (κ3) is 5.09. The van der Waals surface area contributed by atoms with Crippen molar-refractivity contribution in [3.05, 3.63) is 86.9 Å². The maximum absolute atomic E-state index is 14.4. The summed E-state index contributed by atoms with van der Waals surface area (Å²) >= 11 is 0. The number of halogens is 3. The zero-order valence-electron chi connectivity index (χ0n) is 26.5. The maximum atomic E-state index is 14.4. The number of aromatic hydroxyl groups is 1. The van der Waals surface area contributed by atoms with Crippen LogP contribution in [0.3, 0.4) is 0 Å². The van der Waals surface area contributed by atoms with Gasteiger partial charge in [-0.1, -0.05) is 6.08 Å². The Morgan fingerprint density at radius 3 is 2.67 bits per heavy atom. The van der Waals surface area contributed by atoms with E-state index in [0.717, 1.165) is 29.8 Å². The van der Waals surface area contributed by atoms with Gasteiger partial charge in [0.05, 0.1) is 18.8 Å². The fourth-order valence-electron chi connectivity index (χ4n) is 8.00. The van der Waals surface area contributed by atoms with Gasteiger partial charge in [-0.15, -0.1) is 5.10 Å². The van der Waals surface area contributed by atoms with Gasteiger partial charge < -0.3 is 24.6 Å². The zero-order chi connectivity index (χ0) is 34.2. The van der Waals surface area contributed by atoms with Crippen molar-refractivity contribution >= 4 is 28.9 Å². The molecule has 254 valence electrons. The third-order valence-corrected chi connectivity index (χ3v) is 10.4. The van der Waals surface area contributed by atoms with Crippen LogP contribution in [-0.2, 0) is 27.7 Å². The second kappa shape index (κ2) is 11.3. The van der Waals surface area contributed by atoms with Gasteiger partial charge in [0.2, 0.25) is 11.7 Å². The Morgan fingerprint density at radius 2 is 1.98 bits per heavy atom. The van der Waals surface area contributed by atoms with Crippen molar-refractivity contribution in [1.82, 2.24) is 29.0 Å². The normalized spacial score (nSPS) is 21.0. The summed E-state index contributed by atoms with van der Waals surface area (Å²) in [6.45, 7) is 2.82. The first-order valence-corrected chi connectivity index (χ1v) is 16.2. The fraction of sp³-hybridized carbons (Fsp3) is 0.412. The van der Waals surface area contributed by atoms with Crippen molar-refractivity contribution in [2.45, 2.75) is 56.7 Å². The number of pyridine rings is 1. The predicted molar refractivity (Wildman–Crippen MR) is 169 cm³/mol. The van der Waals surface area contributed by atoms with E-state index in [4.69, 9.17) is 9.72 Å². The quantitative estimate of drug-likeness (QED) is 0.323. The summed E-state index contributed by atoms with van der Waals surface area (Å²) in [5, 5.41) is 17.6. The lowest BCUT2D eigenvalue weighted by atomic mass is 9.71. The van der Waals surface area contributed by atoms with E-state index in [0.29, 0.717) is 57.0 Å². The number of aryl methyl sites for hydroxylation is 1. The van der Waals surface area contributed by atoms with Gasteiger partial charge in [0.15, 0.2) is 11.5 Å². The molecule has 2 amide bonds. The highest BCUT2D eigenvalue weighted by molar-refractivity contribution is 5.95. The molecule has 15 heteroatoms. The number of likely N-dealkylation sites (tertiary alicyclic amines) is 1. The Morgan fingerprint density at radius 1 is 1.18 bits per heavy atom. The standard InChI is InChI=1S/C34H32F3N7O5/c1-18-15-20(34(35,36)37)4-5-23(18)39-25(46)17-43-28-21-16-22(21)33(8-11-42(12-9-33)31(48)27-24(45)3-2-10-38-27)26(28)30(47)44-32(43)40-29(41-44)19-6-13-49-14-7-19/h2-6,10,15,21-22,45H,7-9,11-14,16-17H2,1H3,(H,39,46). The summed E-state index contributed by atoms with van der Waals surface area (Å²) in [5.74, 6) is -0.352. The number of nitrogens with one attached hydrogen (secondary N) is 1. The third-order valence-electron chi connectivity index (χ3n) is 10.4. The molecule has 1 saturated heterocycles. The first kappa shape index (κ1) is 31.2. The molecular weight excluding hydrogens is 643 g/mol. The number of benzene rings is 1. The number of nitrogens with zero attached hydrogens (tertiary/aromatic N) is 6. The van der Waals surface area contributed by atoms with E-state index in [-0.39, 0.29) is 58.3 Å². The SMILES string of the molecule is Cc1cc(C(F)(F)F)ccc1NC(=O)Cn1c2c(c(=O)n3nc(C4=CCOCC4)nc13)C1(CCN(C(=O)c3ncccc3O)CC1)C1CC21. The van der Waals surface area contributed by atoms with Gasteiger partial charge >= 0.3 is 6.18 Å². The number of ether oxygens (including phenoxy) is 1. The van der Waals surface area contributed by atoms with Gasteiger partial charge in [-0.2, -0.15) is 22.7 Å². The second-order valence-corrected chi connectivity index (χ2v) is 13.2. The number of fused-ring (bicyclic) bond motifs is 6. The number of hydrogen-bond donors (Lipinski definition) is 2. The summed E-state index contributed by atoms with van der Waals surface area (Å²) in [5.41, 5.74) is 0.945. The van der Waals surface area contributed by atoms with E-state index < -0.39 is 23.1 Å². The minimum atomic E-state index is -4.51.